The standard InChI is InChI=1S/C18H17NO3/c1-2-22-18(21)14-8-5-6-13(10-14)11-19-12-15-7-3-4-9-16(15)17(19)20/h3-10H,2,11-12H2,1H3. The first kappa shape index (κ1) is 14.3. The highest BCUT2D eigenvalue weighted by molar-refractivity contribution is 5.98. The molecule has 2 aromatic rings. The molecule has 0 bridgehead atoms. The van der Waals surface area contributed by atoms with Crippen molar-refractivity contribution in [2.45, 2.75) is 20.0 Å². The number of benzene rings is 2. The molecule has 1 heterocycles. The van der Waals surface area contributed by atoms with Crippen molar-refractivity contribution >= 4 is 11.9 Å². The van der Waals surface area contributed by atoms with Crippen molar-refractivity contribution in [3.8, 4) is 0 Å². The van der Waals surface area contributed by atoms with Gasteiger partial charge in [0.25, 0.3) is 5.91 Å². The van der Waals surface area contributed by atoms with Gasteiger partial charge in [0.15, 0.2) is 0 Å². The molecule has 0 radical (unpaired) electrons. The van der Waals surface area contributed by atoms with Gasteiger partial charge in [0, 0.05) is 18.7 Å². The van der Waals surface area contributed by atoms with Gasteiger partial charge in [0.1, 0.15) is 0 Å². The zero-order valence-electron chi connectivity index (χ0n) is 12.4. The molecule has 0 saturated heterocycles. The van der Waals surface area contributed by atoms with E-state index in [-0.39, 0.29) is 11.9 Å². The third-order valence-electron chi connectivity index (χ3n) is 3.71. The molecule has 0 unspecified atom stereocenters. The summed E-state index contributed by atoms with van der Waals surface area (Å²) < 4.78 is 5.01. The van der Waals surface area contributed by atoms with Crippen LogP contribution in [-0.2, 0) is 17.8 Å². The molecular formula is C18H17NO3. The Morgan fingerprint density at radius 2 is 2.00 bits per heavy atom. The second-order valence-corrected chi connectivity index (χ2v) is 5.24. The Hall–Kier alpha value is -2.62. The lowest BCUT2D eigenvalue weighted by Crippen LogP contribution is -2.23. The molecule has 0 N–H and O–H groups in total. The number of esters is 1. The molecule has 1 aliphatic heterocycles. The summed E-state index contributed by atoms with van der Waals surface area (Å²) in [6.45, 7) is 3.23. The molecule has 3 rings (SSSR count). The van der Waals surface area contributed by atoms with Crippen LogP contribution >= 0.6 is 0 Å². The van der Waals surface area contributed by atoms with Crippen molar-refractivity contribution in [1.29, 1.82) is 0 Å². The van der Waals surface area contributed by atoms with Crippen LogP contribution in [-0.4, -0.2) is 23.4 Å². The maximum Gasteiger partial charge on any atom is 0.338 e. The molecular weight excluding hydrogens is 278 g/mol. The topological polar surface area (TPSA) is 46.6 Å². The van der Waals surface area contributed by atoms with Crippen LogP contribution in [0.15, 0.2) is 48.5 Å². The predicted octanol–water partition coefficient (Wildman–Crippen LogP) is 3.02. The summed E-state index contributed by atoms with van der Waals surface area (Å²) >= 11 is 0. The Bertz CT molecular complexity index is 724. The van der Waals surface area contributed by atoms with Crippen molar-refractivity contribution in [3.63, 3.8) is 0 Å². The molecule has 4 heteroatoms. The maximum absolute atomic E-state index is 12.4. The Kier molecular flexibility index (Phi) is 3.92. The number of nitrogens with zero attached hydrogens (tertiary/aromatic N) is 1. The molecule has 22 heavy (non-hydrogen) atoms. The smallest absolute Gasteiger partial charge is 0.338 e. The summed E-state index contributed by atoms with van der Waals surface area (Å²) in [5, 5.41) is 0. The Morgan fingerprint density at radius 3 is 2.77 bits per heavy atom. The van der Waals surface area contributed by atoms with Gasteiger partial charge in [-0.15, -0.1) is 0 Å². The quantitative estimate of drug-likeness (QED) is 0.815. The fourth-order valence-corrected chi connectivity index (χ4v) is 2.67. The highest BCUT2D eigenvalue weighted by Crippen LogP contribution is 2.24. The van der Waals surface area contributed by atoms with Crippen LogP contribution in [0.25, 0.3) is 0 Å². The third kappa shape index (κ3) is 2.72. The zero-order valence-corrected chi connectivity index (χ0v) is 12.4. The maximum atomic E-state index is 12.4. The fourth-order valence-electron chi connectivity index (χ4n) is 2.67. The second-order valence-electron chi connectivity index (χ2n) is 5.24. The number of hydrogen-bond acceptors (Lipinski definition) is 3. The van der Waals surface area contributed by atoms with Crippen LogP contribution in [0.3, 0.4) is 0 Å². The van der Waals surface area contributed by atoms with Gasteiger partial charge in [-0.1, -0.05) is 30.3 Å². The fraction of sp³-hybridized carbons (Fsp3) is 0.222. The number of carbonyl (C=O) groups excluding carboxylic acids is 2. The number of ether oxygens (including phenoxy) is 1. The van der Waals surface area contributed by atoms with Crippen LogP contribution in [0.5, 0.6) is 0 Å². The first-order valence-corrected chi connectivity index (χ1v) is 7.32. The van der Waals surface area contributed by atoms with Gasteiger partial charge in [-0.25, -0.2) is 4.79 Å². The Balaban J connectivity index is 1.76. The largest absolute Gasteiger partial charge is 0.462 e. The molecule has 1 aliphatic rings. The summed E-state index contributed by atoms with van der Waals surface area (Å²) in [4.78, 5) is 25.9. The number of amides is 1. The summed E-state index contributed by atoms with van der Waals surface area (Å²) in [6, 6.07) is 14.9. The molecule has 0 spiro atoms. The van der Waals surface area contributed by atoms with E-state index < -0.39 is 0 Å². The molecule has 4 nitrogen and oxygen atoms in total. The summed E-state index contributed by atoms with van der Waals surface area (Å²) in [5.74, 6) is -0.294. The van der Waals surface area contributed by atoms with E-state index in [1.165, 1.54) is 0 Å². The Morgan fingerprint density at radius 1 is 1.18 bits per heavy atom. The van der Waals surface area contributed by atoms with Crippen molar-refractivity contribution in [3.05, 3.63) is 70.8 Å². The first-order valence-electron chi connectivity index (χ1n) is 7.32. The minimum atomic E-state index is -0.333. The minimum Gasteiger partial charge on any atom is -0.462 e. The van der Waals surface area contributed by atoms with Crippen molar-refractivity contribution < 1.29 is 14.3 Å². The molecule has 1 amide bonds. The SMILES string of the molecule is CCOC(=O)c1cccc(CN2Cc3ccccc3C2=O)c1. The van der Waals surface area contributed by atoms with Gasteiger partial charge in [-0.2, -0.15) is 0 Å². The van der Waals surface area contributed by atoms with Crippen molar-refractivity contribution in [2.24, 2.45) is 0 Å². The average Bonchev–Trinajstić information content (AvgIpc) is 2.84. The highest BCUT2D eigenvalue weighted by atomic mass is 16.5. The number of hydrogen-bond donors (Lipinski definition) is 0. The molecule has 2 aromatic carbocycles. The minimum absolute atomic E-state index is 0.0390. The Labute approximate surface area is 129 Å². The number of fused-ring (bicyclic) bond motifs is 1. The van der Waals surface area contributed by atoms with Crippen molar-refractivity contribution in [1.82, 2.24) is 4.90 Å². The van der Waals surface area contributed by atoms with Crippen LogP contribution in [0.1, 0.15) is 38.8 Å². The number of rotatable bonds is 4. The number of carbonyl (C=O) groups is 2. The van der Waals surface area contributed by atoms with E-state index in [2.05, 4.69) is 0 Å². The molecule has 0 saturated carbocycles. The second kappa shape index (κ2) is 6.02. The third-order valence-corrected chi connectivity index (χ3v) is 3.71. The molecule has 112 valence electrons. The van der Waals surface area contributed by atoms with Crippen LogP contribution in [0.2, 0.25) is 0 Å². The molecule has 0 fully saturated rings. The van der Waals surface area contributed by atoms with E-state index in [1.54, 1.807) is 24.0 Å². The van der Waals surface area contributed by atoms with E-state index in [4.69, 9.17) is 4.74 Å². The highest BCUT2D eigenvalue weighted by Gasteiger charge is 2.26. The lowest BCUT2D eigenvalue weighted by molar-refractivity contribution is 0.0526. The normalized spacial score (nSPS) is 13.1. The van der Waals surface area contributed by atoms with Crippen LogP contribution in [0.4, 0.5) is 0 Å². The van der Waals surface area contributed by atoms with Gasteiger partial charge in [-0.3, -0.25) is 4.79 Å². The van der Waals surface area contributed by atoms with Crippen LogP contribution < -0.4 is 0 Å². The van der Waals surface area contributed by atoms with E-state index in [1.807, 2.05) is 36.4 Å². The average molecular weight is 295 g/mol. The van der Waals surface area contributed by atoms with Crippen molar-refractivity contribution in [2.75, 3.05) is 6.61 Å². The zero-order chi connectivity index (χ0) is 15.5. The summed E-state index contributed by atoms with van der Waals surface area (Å²) in [5.41, 5.74) is 3.26. The monoisotopic (exact) mass is 295 g/mol. The molecule has 0 aromatic heterocycles. The predicted molar refractivity (Wildman–Crippen MR) is 82.4 cm³/mol. The van der Waals surface area contributed by atoms with Crippen LogP contribution in [0, 0.1) is 0 Å². The van der Waals surface area contributed by atoms with E-state index in [0.717, 1.165) is 16.7 Å². The first-order chi connectivity index (χ1) is 10.7. The van der Waals surface area contributed by atoms with E-state index >= 15 is 0 Å². The summed E-state index contributed by atoms with van der Waals surface area (Å²) in [6.07, 6.45) is 0. The lowest BCUT2D eigenvalue weighted by Gasteiger charge is -2.16. The molecule has 0 aliphatic carbocycles. The van der Waals surface area contributed by atoms with Gasteiger partial charge in [0.2, 0.25) is 0 Å². The van der Waals surface area contributed by atoms with Gasteiger partial charge < -0.3 is 9.64 Å². The lowest BCUT2D eigenvalue weighted by atomic mass is 10.1. The van der Waals surface area contributed by atoms with E-state index in [0.29, 0.717) is 25.3 Å². The molecule has 0 atom stereocenters. The van der Waals surface area contributed by atoms with Gasteiger partial charge in [0.05, 0.1) is 12.2 Å². The van der Waals surface area contributed by atoms with Gasteiger partial charge >= 0.3 is 5.97 Å². The van der Waals surface area contributed by atoms with E-state index in [9.17, 15) is 9.59 Å². The van der Waals surface area contributed by atoms with Gasteiger partial charge in [-0.05, 0) is 36.2 Å². The summed E-state index contributed by atoms with van der Waals surface area (Å²) in [7, 11) is 0.